The van der Waals surface area contributed by atoms with Gasteiger partial charge in [0.1, 0.15) is 5.78 Å². The number of aliphatic hydroxyl groups excluding tert-OH is 3. The minimum absolute atomic E-state index is 0.0384. The molecule has 1 aromatic rings. The number of ether oxygens (including phenoxy) is 1. The predicted octanol–water partition coefficient (Wildman–Crippen LogP) is 7.32. The molecule has 1 aliphatic heterocycles. The van der Waals surface area contributed by atoms with Crippen LogP contribution in [0.5, 0.6) is 0 Å². The number of rotatable bonds is 6. The molecular formula is C57H80N2O9. The van der Waals surface area contributed by atoms with Crippen molar-refractivity contribution in [1.29, 1.82) is 0 Å². The molecule has 1 saturated heterocycles. The Bertz CT molecular complexity index is 2230. The van der Waals surface area contributed by atoms with E-state index >= 15 is 4.79 Å². The number of cyclic esters (lactones) is 1. The molecule has 10 rings (SSSR count). The van der Waals surface area contributed by atoms with E-state index in [0.717, 1.165) is 63.4 Å². The number of esters is 1. The van der Waals surface area contributed by atoms with Gasteiger partial charge in [-0.05, 0) is 167 Å². The van der Waals surface area contributed by atoms with E-state index in [4.69, 9.17) is 4.74 Å². The lowest BCUT2D eigenvalue weighted by atomic mass is 9.41. The largest absolute Gasteiger partial charge is 0.465 e. The van der Waals surface area contributed by atoms with Gasteiger partial charge in [0, 0.05) is 47.9 Å². The molecule has 8 aliphatic carbocycles. The highest BCUT2D eigenvalue weighted by Crippen LogP contribution is 2.73. The number of fused-ring (bicyclic) bond motifs is 10. The van der Waals surface area contributed by atoms with Crippen LogP contribution in [0.2, 0.25) is 0 Å². The van der Waals surface area contributed by atoms with Crippen LogP contribution in [-0.4, -0.2) is 90.7 Å². The minimum atomic E-state index is -1.66. The Morgan fingerprint density at radius 3 is 2.44 bits per heavy atom. The van der Waals surface area contributed by atoms with Crippen molar-refractivity contribution in [2.24, 2.45) is 81.8 Å². The van der Waals surface area contributed by atoms with E-state index in [1.165, 1.54) is 13.3 Å². The molecule has 9 aliphatic rings. The summed E-state index contributed by atoms with van der Waals surface area (Å²) in [6.45, 7) is 10.1. The zero-order chi connectivity index (χ0) is 48.1. The Hall–Kier alpha value is -3.27. The van der Waals surface area contributed by atoms with Gasteiger partial charge >= 0.3 is 5.97 Å². The maximum absolute atomic E-state index is 15.4. The van der Waals surface area contributed by atoms with E-state index in [1.54, 1.807) is 12.5 Å². The quantitative estimate of drug-likeness (QED) is 0.0865. The molecule has 2 heterocycles. The standard InChI is InChI=1S/C57H80N2O9/c1-31-14-15-34-16-17-39-32(2)23-47(63)55(5,66)52-36(11-9-10-35(24-41(39)40(34)22-31)42-30-68-53(65)48(42)37-19-21-58-29-37)26-57(67)49-43(18-20-54(52,57)4)56(38-12-7-6-8-13-38)27-46(62)45(61)25-44(56)51(64)50(49)59-28-33(3)60/h16,19,21,29,31-32,35-36,38-48,52,58-59,61-63,66-67H,6-8,11-15,17-18,20,22-28,30H2,1-5H3/t31-,32+,35-,36-,39-,40+,41+,42-,43-,44-,45+,46-,47+,48-,52-,54+,55-,56-,57+/m0/s1. The van der Waals surface area contributed by atoms with Gasteiger partial charge in [-0.3, -0.25) is 14.4 Å². The first-order chi connectivity index (χ1) is 32.4. The number of carbonyl (C=O) groups excluding carboxylic acids is 3. The summed E-state index contributed by atoms with van der Waals surface area (Å²) >= 11 is 0. The number of allylic oxidation sites excluding steroid dienone is 3. The van der Waals surface area contributed by atoms with Gasteiger partial charge in [-0.1, -0.05) is 57.6 Å². The zero-order valence-corrected chi connectivity index (χ0v) is 41.4. The molecule has 5 saturated carbocycles. The fourth-order valence-corrected chi connectivity index (χ4v) is 18.0. The Morgan fingerprint density at radius 2 is 1.71 bits per heavy atom. The van der Waals surface area contributed by atoms with Gasteiger partial charge < -0.3 is 40.6 Å². The Labute approximate surface area is 404 Å². The summed E-state index contributed by atoms with van der Waals surface area (Å²) in [5.74, 6) is 5.85. The first kappa shape index (κ1) is 48.4. The number of hydrogen-bond acceptors (Lipinski definition) is 10. The van der Waals surface area contributed by atoms with Crippen LogP contribution in [-0.2, 0) is 19.1 Å². The van der Waals surface area contributed by atoms with Gasteiger partial charge in [0.15, 0.2) is 5.78 Å². The summed E-state index contributed by atoms with van der Waals surface area (Å²) in [6, 6.07) is 1.97. The average Bonchev–Trinajstić information content (AvgIpc) is 4.03. The molecule has 0 unspecified atom stereocenters. The second-order valence-corrected chi connectivity index (χ2v) is 24.7. The molecule has 0 aromatic carbocycles. The average molecular weight is 937 g/mol. The summed E-state index contributed by atoms with van der Waals surface area (Å²) in [6.07, 6.45) is 15.5. The lowest BCUT2D eigenvalue weighted by Crippen LogP contribution is -2.66. The van der Waals surface area contributed by atoms with Crippen LogP contribution in [0.3, 0.4) is 0 Å². The van der Waals surface area contributed by atoms with E-state index in [2.05, 4.69) is 49.0 Å². The number of aromatic amines is 1. The van der Waals surface area contributed by atoms with Crippen LogP contribution in [0, 0.1) is 93.7 Å². The van der Waals surface area contributed by atoms with Gasteiger partial charge in [-0.25, -0.2) is 0 Å². The number of aromatic nitrogens is 1. The van der Waals surface area contributed by atoms with Gasteiger partial charge in [-0.15, -0.1) is 5.92 Å². The Kier molecular flexibility index (Phi) is 12.9. The van der Waals surface area contributed by atoms with Crippen molar-refractivity contribution in [2.75, 3.05) is 13.2 Å². The third kappa shape index (κ3) is 7.65. The lowest BCUT2D eigenvalue weighted by molar-refractivity contribution is -0.192. The molecule has 0 radical (unpaired) electrons. The zero-order valence-electron chi connectivity index (χ0n) is 41.4. The van der Waals surface area contributed by atoms with E-state index in [0.29, 0.717) is 43.1 Å². The van der Waals surface area contributed by atoms with Crippen LogP contribution < -0.4 is 5.32 Å². The van der Waals surface area contributed by atoms with E-state index in [-0.39, 0.29) is 97.1 Å². The van der Waals surface area contributed by atoms with Crippen molar-refractivity contribution in [3.63, 3.8) is 0 Å². The van der Waals surface area contributed by atoms with Crippen molar-refractivity contribution >= 4 is 17.5 Å². The number of hydrogen-bond donors (Lipinski definition) is 7. The number of nitrogens with one attached hydrogen (secondary N) is 2. The maximum Gasteiger partial charge on any atom is 0.313 e. The van der Waals surface area contributed by atoms with Crippen molar-refractivity contribution < 1.29 is 44.7 Å². The highest BCUT2D eigenvalue weighted by atomic mass is 16.5. The Balaban J connectivity index is 1.11. The molecule has 6 fully saturated rings. The summed E-state index contributed by atoms with van der Waals surface area (Å²) in [5.41, 5.74) is -1.70. The maximum atomic E-state index is 15.4. The van der Waals surface area contributed by atoms with Crippen molar-refractivity contribution in [1.82, 2.24) is 10.3 Å². The molecule has 372 valence electrons. The monoisotopic (exact) mass is 937 g/mol. The molecule has 11 nitrogen and oxygen atoms in total. The summed E-state index contributed by atoms with van der Waals surface area (Å²) < 4.78 is 5.92. The number of Topliss-reactive ketones (excluding diaryl/α,β-unsaturated/α-hetero) is 2. The topological polar surface area (TPSA) is 189 Å². The fraction of sp³-hybridized carbons (Fsp3) is 0.772. The third-order valence-corrected chi connectivity index (χ3v) is 21.1. The van der Waals surface area contributed by atoms with Gasteiger partial charge in [0.05, 0.1) is 54.3 Å². The second kappa shape index (κ2) is 18.1. The van der Waals surface area contributed by atoms with Crippen LogP contribution >= 0.6 is 0 Å². The van der Waals surface area contributed by atoms with Gasteiger partial charge in [-0.2, -0.15) is 0 Å². The molecule has 0 amide bonds. The van der Waals surface area contributed by atoms with Crippen LogP contribution in [0.4, 0.5) is 0 Å². The van der Waals surface area contributed by atoms with Crippen molar-refractivity contribution in [3.8, 4) is 11.8 Å². The van der Waals surface area contributed by atoms with Gasteiger partial charge in [0.25, 0.3) is 0 Å². The number of ketones is 2. The summed E-state index contributed by atoms with van der Waals surface area (Å²) in [4.78, 5) is 45.0. The molecule has 0 bridgehead atoms. The highest BCUT2D eigenvalue weighted by molar-refractivity contribution is 6.00. The normalized spacial score (nSPS) is 47.4. The molecule has 68 heavy (non-hydrogen) atoms. The molecule has 19 atom stereocenters. The number of carbonyl (C=O) groups is 3. The van der Waals surface area contributed by atoms with Crippen molar-refractivity contribution in [3.05, 3.63) is 46.9 Å². The Morgan fingerprint density at radius 1 is 0.926 bits per heavy atom. The van der Waals surface area contributed by atoms with Gasteiger partial charge in [0.2, 0.25) is 0 Å². The third-order valence-electron chi connectivity index (χ3n) is 21.1. The van der Waals surface area contributed by atoms with Crippen LogP contribution in [0.15, 0.2) is 41.4 Å². The van der Waals surface area contributed by atoms with E-state index < -0.39 is 64.0 Å². The van der Waals surface area contributed by atoms with Crippen LogP contribution in [0.1, 0.15) is 155 Å². The summed E-state index contributed by atoms with van der Waals surface area (Å²) in [5, 5.41) is 66.4. The summed E-state index contributed by atoms with van der Waals surface area (Å²) in [7, 11) is 0. The lowest BCUT2D eigenvalue weighted by Gasteiger charge is -2.64. The number of aliphatic hydroxyl groups is 5. The smallest absolute Gasteiger partial charge is 0.313 e. The van der Waals surface area contributed by atoms with E-state index in [1.807, 2.05) is 18.5 Å². The SMILES string of the molecule is CC(=O)CNC1=C2[C@H](CC[C@]3(C)[C@@H]4[C@@H](CC#C[C@H]([C@@H]5COC(=O)[C@H]5c5cc[nH]c5)C[C@@H]5[C@@H](CC=C6CC[C@H](C)C[C@H]65)[C@H](C)C[C@@H](O)[C@]4(C)O)C[C@@]23O)[C@@]2(C3CCCCC3)C[C@H](O)[C@H](O)C[C@H]2C1=O. The first-order valence-electron chi connectivity index (χ1n) is 26.9. The molecule has 7 N–H and O–H groups in total. The molecule has 1 aromatic heterocycles. The second-order valence-electron chi connectivity index (χ2n) is 24.7. The minimum Gasteiger partial charge on any atom is -0.465 e. The molecule has 11 heteroatoms. The fourth-order valence-electron chi connectivity index (χ4n) is 18.0. The first-order valence-corrected chi connectivity index (χ1v) is 26.9. The predicted molar refractivity (Wildman–Crippen MR) is 257 cm³/mol. The highest BCUT2D eigenvalue weighted by Gasteiger charge is 2.74. The van der Waals surface area contributed by atoms with Crippen molar-refractivity contribution in [2.45, 2.75) is 179 Å². The molecule has 0 spiro atoms. The molecular weight excluding hydrogens is 857 g/mol. The van der Waals surface area contributed by atoms with E-state index in [9.17, 15) is 35.1 Å². The number of H-pyrrole nitrogens is 1. The van der Waals surface area contributed by atoms with Crippen LogP contribution in [0.25, 0.3) is 0 Å².